The Bertz CT molecular complexity index is 2030. The van der Waals surface area contributed by atoms with Gasteiger partial charge in [-0.25, -0.2) is 29.1 Å². The molecule has 2 saturated heterocycles. The monoisotopic (exact) mass is 767 g/mol. The van der Waals surface area contributed by atoms with Crippen LogP contribution in [0.25, 0.3) is 22.3 Å². The van der Waals surface area contributed by atoms with Gasteiger partial charge < -0.3 is 56.7 Å². The zero-order chi connectivity index (χ0) is 36.1. The van der Waals surface area contributed by atoms with Crippen molar-refractivity contribution in [2.75, 3.05) is 37.0 Å². The minimum Gasteiger partial charge on any atom is -0.387 e. The summed E-state index contributed by atoms with van der Waals surface area (Å²) in [6.45, 7) is -1.58. The number of aliphatic hydroxyl groups excluding tert-OH is 3. The Balaban J connectivity index is 1.20. The van der Waals surface area contributed by atoms with Crippen LogP contribution in [0.5, 0.6) is 0 Å². The van der Waals surface area contributed by atoms with Gasteiger partial charge in [0.2, 0.25) is 5.95 Å². The predicted octanol–water partition coefficient (Wildman–Crippen LogP) is -3.34. The van der Waals surface area contributed by atoms with E-state index in [2.05, 4.69) is 34.4 Å². The van der Waals surface area contributed by atoms with Crippen molar-refractivity contribution in [2.24, 2.45) is 5.73 Å². The van der Waals surface area contributed by atoms with Gasteiger partial charge in [-0.1, -0.05) is 11.8 Å². The topological polar surface area (TPSA) is 387 Å². The third-order valence-corrected chi connectivity index (χ3v) is 9.97. The molecular weight excluding hydrogens is 736 g/mol. The molecule has 25 nitrogen and oxygen atoms in total. The number of nitrogen functional groups attached to an aromatic ring is 2. The normalized spacial score (nSPS) is 28.5. The van der Waals surface area contributed by atoms with E-state index < -0.39 is 83.5 Å². The fourth-order valence-electron chi connectivity index (χ4n) is 5.33. The van der Waals surface area contributed by atoms with Gasteiger partial charge in [-0.3, -0.25) is 32.5 Å². The Labute approximate surface area is 282 Å². The molecule has 2 aliphatic rings. The molecular formula is C22H31N11O14P2S. The summed E-state index contributed by atoms with van der Waals surface area (Å²) in [5, 5.41) is 33.0. The number of aromatic amines is 1. The van der Waals surface area contributed by atoms with Crippen LogP contribution in [0.1, 0.15) is 12.5 Å². The number of hydrogen-bond donors (Lipinski definition) is 10. The number of rotatable bonds is 13. The SMILES string of the molecule is NCCSc1nc2c(=O)[nH]c(N)nc2n1[C@@H]1O[C@H](COP(=O)(O)O[C@H]2[C@@H](O)[C@H](n3cnc4c(N)ncnc43)O[C@@H]2COP(=O)(O)O)[C@@H](O)[C@H]1O. The van der Waals surface area contributed by atoms with Gasteiger partial charge in [-0.2, -0.15) is 4.98 Å². The molecule has 4 aromatic rings. The van der Waals surface area contributed by atoms with E-state index in [4.69, 9.17) is 35.7 Å². The Morgan fingerprint density at radius 1 is 0.920 bits per heavy atom. The van der Waals surface area contributed by atoms with E-state index in [1.165, 1.54) is 15.5 Å². The number of imidazole rings is 2. The van der Waals surface area contributed by atoms with Gasteiger partial charge in [-0.15, -0.1) is 0 Å². The van der Waals surface area contributed by atoms with E-state index in [0.29, 0.717) is 5.75 Å². The first kappa shape index (κ1) is 36.6. The number of aliphatic hydroxyl groups is 3. The first-order valence-corrected chi connectivity index (χ1v) is 18.3. The average molecular weight is 768 g/mol. The first-order chi connectivity index (χ1) is 23.6. The van der Waals surface area contributed by atoms with Crippen molar-refractivity contribution in [1.82, 2.24) is 39.0 Å². The number of aromatic nitrogens is 8. The Kier molecular flexibility index (Phi) is 10.3. The molecule has 9 atom stereocenters. The van der Waals surface area contributed by atoms with Crippen LogP contribution in [-0.4, -0.2) is 131 Å². The zero-order valence-electron chi connectivity index (χ0n) is 25.2. The molecule has 1 unspecified atom stereocenters. The van der Waals surface area contributed by atoms with Gasteiger partial charge in [0, 0.05) is 12.3 Å². The standard InChI is InChI=1S/C22H31N11O14P2S/c23-1-2-50-22-29-10-17(30-21(25)31-18(10)37)33(22)20-12(35)11(34)7(45-20)3-44-49(41,42)47-14-8(4-43-48(38,39)40)46-19(13(14)36)32-6-28-9-15(24)26-5-27-16(9)32/h5-8,11-14,19-20,34-36H,1-4,23H2,(H,41,42)(H2,24,26,27)(H2,38,39,40)(H3,25,30,31,37)/t7-,8-,11-,12-,13-,14-,19-,20-/m1/s1. The molecule has 50 heavy (non-hydrogen) atoms. The highest BCUT2D eigenvalue weighted by atomic mass is 32.2. The summed E-state index contributed by atoms with van der Waals surface area (Å²) in [6.07, 6.45) is -10.8. The molecule has 0 bridgehead atoms. The van der Waals surface area contributed by atoms with Crippen LogP contribution in [0.4, 0.5) is 11.8 Å². The number of ether oxygens (including phenoxy) is 2. The molecule has 0 radical (unpaired) electrons. The minimum atomic E-state index is -5.24. The number of nitrogens with one attached hydrogen (secondary N) is 1. The van der Waals surface area contributed by atoms with Crippen LogP contribution in [-0.2, 0) is 32.2 Å². The van der Waals surface area contributed by atoms with Gasteiger partial charge in [-0.05, 0) is 0 Å². The minimum absolute atomic E-state index is 0.00632. The Hall–Kier alpha value is -3.17. The van der Waals surface area contributed by atoms with E-state index in [-0.39, 0.29) is 45.8 Å². The lowest BCUT2D eigenvalue weighted by Gasteiger charge is -2.24. The molecule has 0 saturated carbocycles. The lowest BCUT2D eigenvalue weighted by molar-refractivity contribution is -0.0606. The molecule has 6 rings (SSSR count). The number of thioether (sulfide) groups is 1. The summed E-state index contributed by atoms with van der Waals surface area (Å²) < 4.78 is 53.3. The van der Waals surface area contributed by atoms with Gasteiger partial charge >= 0.3 is 15.6 Å². The summed E-state index contributed by atoms with van der Waals surface area (Å²) >= 11 is 1.09. The second-order valence-corrected chi connectivity index (χ2v) is 14.5. The van der Waals surface area contributed by atoms with Gasteiger partial charge in [0.25, 0.3) is 5.56 Å². The molecule has 274 valence electrons. The van der Waals surface area contributed by atoms with E-state index in [1.54, 1.807) is 0 Å². The second kappa shape index (κ2) is 14.1. The molecule has 13 N–H and O–H groups in total. The number of nitrogens with two attached hydrogens (primary N) is 3. The third-order valence-electron chi connectivity index (χ3n) is 7.51. The molecule has 0 spiro atoms. The summed E-state index contributed by atoms with van der Waals surface area (Å²) in [5.41, 5.74) is 16.4. The number of H-pyrrole nitrogens is 1. The largest absolute Gasteiger partial charge is 0.472 e. The predicted molar refractivity (Wildman–Crippen MR) is 167 cm³/mol. The summed E-state index contributed by atoms with van der Waals surface area (Å²) in [4.78, 5) is 64.2. The van der Waals surface area contributed by atoms with E-state index in [0.717, 1.165) is 18.1 Å². The molecule has 6 heterocycles. The Morgan fingerprint density at radius 2 is 1.64 bits per heavy atom. The maximum atomic E-state index is 13.2. The highest BCUT2D eigenvalue weighted by Gasteiger charge is 2.51. The summed E-state index contributed by atoms with van der Waals surface area (Å²) in [5.74, 6) is 0.0536. The van der Waals surface area contributed by atoms with Crippen molar-refractivity contribution in [3.05, 3.63) is 23.0 Å². The quantitative estimate of drug-likeness (QED) is 0.0469. The molecule has 0 aromatic carbocycles. The molecule has 2 aliphatic heterocycles. The first-order valence-electron chi connectivity index (χ1n) is 14.3. The van der Waals surface area contributed by atoms with Crippen LogP contribution in [0.3, 0.4) is 0 Å². The summed E-state index contributed by atoms with van der Waals surface area (Å²) in [6, 6.07) is 0. The van der Waals surface area contributed by atoms with Crippen LogP contribution >= 0.6 is 27.4 Å². The summed E-state index contributed by atoms with van der Waals surface area (Å²) in [7, 11) is -10.3. The second-order valence-electron chi connectivity index (χ2n) is 10.8. The Morgan fingerprint density at radius 3 is 2.36 bits per heavy atom. The zero-order valence-corrected chi connectivity index (χ0v) is 27.8. The number of anilines is 2. The van der Waals surface area contributed by atoms with Crippen molar-refractivity contribution in [3.63, 3.8) is 0 Å². The lowest BCUT2D eigenvalue weighted by atomic mass is 10.1. The van der Waals surface area contributed by atoms with Gasteiger partial charge in [0.15, 0.2) is 40.2 Å². The molecule has 0 amide bonds. The van der Waals surface area contributed by atoms with Crippen LogP contribution < -0.4 is 22.8 Å². The van der Waals surface area contributed by atoms with Crippen molar-refractivity contribution in [2.45, 2.75) is 54.2 Å². The van der Waals surface area contributed by atoms with Crippen LogP contribution in [0.15, 0.2) is 22.6 Å². The maximum Gasteiger partial charge on any atom is 0.472 e. The molecule has 2 fully saturated rings. The highest BCUT2D eigenvalue weighted by Crippen LogP contribution is 2.50. The number of phosphoric acid groups is 2. The fourth-order valence-corrected chi connectivity index (χ4v) is 7.43. The van der Waals surface area contributed by atoms with Crippen LogP contribution in [0.2, 0.25) is 0 Å². The molecule has 0 aliphatic carbocycles. The maximum absolute atomic E-state index is 13.2. The average Bonchev–Trinajstić information content (AvgIpc) is 3.78. The smallest absolute Gasteiger partial charge is 0.387 e. The van der Waals surface area contributed by atoms with Crippen molar-refractivity contribution in [1.29, 1.82) is 0 Å². The number of hydrogen-bond acceptors (Lipinski definition) is 20. The van der Waals surface area contributed by atoms with Crippen molar-refractivity contribution < 1.29 is 62.2 Å². The molecule has 4 aromatic heterocycles. The molecule has 28 heteroatoms. The van der Waals surface area contributed by atoms with Crippen molar-refractivity contribution >= 4 is 61.5 Å². The van der Waals surface area contributed by atoms with E-state index in [1.807, 2.05) is 0 Å². The van der Waals surface area contributed by atoms with Gasteiger partial charge in [0.05, 0.1) is 19.5 Å². The van der Waals surface area contributed by atoms with Gasteiger partial charge in [0.1, 0.15) is 48.5 Å². The highest BCUT2D eigenvalue weighted by molar-refractivity contribution is 7.99. The fraction of sp³-hybridized carbons (Fsp3) is 0.545. The number of phosphoric ester groups is 2. The van der Waals surface area contributed by atoms with E-state index in [9.17, 15) is 43.9 Å². The van der Waals surface area contributed by atoms with Crippen molar-refractivity contribution in [3.8, 4) is 0 Å². The van der Waals surface area contributed by atoms with E-state index >= 15 is 0 Å². The lowest BCUT2D eigenvalue weighted by Crippen LogP contribution is -2.37. The number of fused-ring (bicyclic) bond motifs is 2. The number of nitrogens with zero attached hydrogens (tertiary/aromatic N) is 7. The third kappa shape index (κ3) is 7.27. The van der Waals surface area contributed by atoms with Crippen LogP contribution in [0, 0.1) is 0 Å².